The summed E-state index contributed by atoms with van der Waals surface area (Å²) in [5, 5.41) is 2.95. The summed E-state index contributed by atoms with van der Waals surface area (Å²) in [6, 6.07) is 15.1. The highest BCUT2D eigenvalue weighted by atomic mass is 16.5. The molecule has 2 aromatic carbocycles. The van der Waals surface area contributed by atoms with Gasteiger partial charge in [0.1, 0.15) is 24.7 Å². The summed E-state index contributed by atoms with van der Waals surface area (Å²) in [4.78, 5) is 12.7. The lowest BCUT2D eigenvalue weighted by molar-refractivity contribution is -0.113. The van der Waals surface area contributed by atoms with E-state index in [2.05, 4.69) is 5.32 Å². The fourth-order valence-electron chi connectivity index (χ4n) is 3.27. The summed E-state index contributed by atoms with van der Waals surface area (Å²) in [5.41, 5.74) is 2.14. The minimum Gasteiger partial charge on any atom is -0.489 e. The highest BCUT2D eigenvalue weighted by Gasteiger charge is 2.19. The molecule has 2 heterocycles. The van der Waals surface area contributed by atoms with Gasteiger partial charge in [-0.15, -0.1) is 0 Å². The van der Waals surface area contributed by atoms with E-state index in [9.17, 15) is 4.79 Å². The zero-order valence-corrected chi connectivity index (χ0v) is 15.1. The fraction of sp³-hybridized carbons (Fsp3) is 0.318. The third-order valence-corrected chi connectivity index (χ3v) is 4.76. The zero-order valence-electron chi connectivity index (χ0n) is 15.1. The van der Waals surface area contributed by atoms with Crippen molar-refractivity contribution in [1.82, 2.24) is 0 Å². The van der Waals surface area contributed by atoms with Crippen molar-refractivity contribution in [2.24, 2.45) is 0 Å². The lowest BCUT2D eigenvalue weighted by Gasteiger charge is -2.23. The average molecular weight is 365 g/mol. The molecule has 5 heteroatoms. The van der Waals surface area contributed by atoms with E-state index in [-0.39, 0.29) is 18.6 Å². The third-order valence-electron chi connectivity index (χ3n) is 4.76. The van der Waals surface area contributed by atoms with Gasteiger partial charge in [-0.05, 0) is 43.5 Å². The van der Waals surface area contributed by atoms with Gasteiger partial charge in [-0.3, -0.25) is 4.79 Å². The SMILES string of the molecule is O=C(Nc1ccccc1OCC1CCCCO1)C1=Cc2ccccc2OC1. The molecule has 5 nitrogen and oxygen atoms in total. The quantitative estimate of drug-likeness (QED) is 0.868. The van der Waals surface area contributed by atoms with Gasteiger partial charge < -0.3 is 19.5 Å². The minimum atomic E-state index is -0.186. The molecular weight excluding hydrogens is 342 g/mol. The summed E-state index contributed by atoms with van der Waals surface area (Å²) >= 11 is 0. The first-order chi connectivity index (χ1) is 13.3. The maximum atomic E-state index is 12.7. The molecule has 0 aliphatic carbocycles. The topological polar surface area (TPSA) is 56.8 Å². The summed E-state index contributed by atoms with van der Waals surface area (Å²) in [6.45, 7) is 1.54. The van der Waals surface area contributed by atoms with Crippen LogP contribution in [0.1, 0.15) is 24.8 Å². The zero-order chi connectivity index (χ0) is 18.5. The first-order valence-corrected chi connectivity index (χ1v) is 9.37. The van der Waals surface area contributed by atoms with Crippen molar-refractivity contribution in [1.29, 1.82) is 0 Å². The molecule has 1 saturated heterocycles. The first-order valence-electron chi connectivity index (χ1n) is 9.37. The number of carbonyl (C=O) groups is 1. The number of amides is 1. The second-order valence-corrected chi connectivity index (χ2v) is 6.75. The number of anilines is 1. The normalized spacial score (nSPS) is 18.7. The van der Waals surface area contributed by atoms with Gasteiger partial charge in [0.25, 0.3) is 5.91 Å². The van der Waals surface area contributed by atoms with E-state index in [0.29, 0.717) is 23.6 Å². The number of carbonyl (C=O) groups excluding carboxylic acids is 1. The van der Waals surface area contributed by atoms with Gasteiger partial charge in [-0.2, -0.15) is 0 Å². The highest BCUT2D eigenvalue weighted by Crippen LogP contribution is 2.28. The van der Waals surface area contributed by atoms with Crippen molar-refractivity contribution in [3.63, 3.8) is 0 Å². The Bertz CT molecular complexity index is 840. The summed E-state index contributed by atoms with van der Waals surface area (Å²) < 4.78 is 17.3. The maximum Gasteiger partial charge on any atom is 0.255 e. The van der Waals surface area contributed by atoms with Crippen molar-refractivity contribution < 1.29 is 19.0 Å². The molecule has 4 rings (SSSR count). The molecule has 1 fully saturated rings. The van der Waals surface area contributed by atoms with Crippen LogP contribution >= 0.6 is 0 Å². The number of hydrogen-bond acceptors (Lipinski definition) is 4. The lowest BCUT2D eigenvalue weighted by atomic mass is 10.1. The fourth-order valence-corrected chi connectivity index (χ4v) is 3.27. The summed E-state index contributed by atoms with van der Waals surface area (Å²) in [5.74, 6) is 1.26. The Kier molecular flexibility index (Phi) is 5.39. The van der Waals surface area contributed by atoms with Crippen LogP contribution < -0.4 is 14.8 Å². The number of benzene rings is 2. The van der Waals surface area contributed by atoms with Gasteiger partial charge in [0.15, 0.2) is 0 Å². The molecule has 2 aliphatic rings. The molecular formula is C22H23NO4. The van der Waals surface area contributed by atoms with Gasteiger partial charge in [-0.1, -0.05) is 30.3 Å². The Morgan fingerprint density at radius 1 is 1.11 bits per heavy atom. The largest absolute Gasteiger partial charge is 0.489 e. The Morgan fingerprint density at radius 3 is 2.85 bits per heavy atom. The number of rotatable bonds is 5. The molecule has 1 atom stereocenters. The number of hydrogen-bond donors (Lipinski definition) is 1. The predicted molar refractivity (Wildman–Crippen MR) is 104 cm³/mol. The van der Waals surface area contributed by atoms with E-state index in [1.165, 1.54) is 6.42 Å². The molecule has 0 saturated carbocycles. The molecule has 1 amide bonds. The van der Waals surface area contributed by atoms with Gasteiger partial charge >= 0.3 is 0 Å². The molecule has 1 N–H and O–H groups in total. The average Bonchev–Trinajstić information content (AvgIpc) is 2.73. The van der Waals surface area contributed by atoms with Gasteiger partial charge in [0.2, 0.25) is 0 Å². The van der Waals surface area contributed by atoms with E-state index >= 15 is 0 Å². The summed E-state index contributed by atoms with van der Waals surface area (Å²) in [6.07, 6.45) is 5.28. The molecule has 0 aromatic heterocycles. The van der Waals surface area contributed by atoms with Crippen LogP contribution in [0, 0.1) is 0 Å². The van der Waals surface area contributed by atoms with Crippen LogP contribution in [-0.4, -0.2) is 31.8 Å². The molecule has 0 radical (unpaired) electrons. The first kappa shape index (κ1) is 17.6. The lowest BCUT2D eigenvalue weighted by Crippen LogP contribution is -2.26. The monoisotopic (exact) mass is 365 g/mol. The van der Waals surface area contributed by atoms with Crippen LogP contribution in [0.25, 0.3) is 6.08 Å². The molecule has 0 bridgehead atoms. The van der Waals surface area contributed by atoms with E-state index in [1.54, 1.807) is 0 Å². The molecule has 2 aliphatic heterocycles. The molecule has 140 valence electrons. The van der Waals surface area contributed by atoms with E-state index < -0.39 is 0 Å². The van der Waals surface area contributed by atoms with Crippen LogP contribution in [0.15, 0.2) is 54.1 Å². The minimum absolute atomic E-state index is 0.119. The van der Waals surface area contributed by atoms with Crippen LogP contribution in [-0.2, 0) is 9.53 Å². The smallest absolute Gasteiger partial charge is 0.255 e. The number of ether oxygens (including phenoxy) is 3. The van der Waals surface area contributed by atoms with Crippen molar-refractivity contribution >= 4 is 17.7 Å². The molecule has 0 spiro atoms. The van der Waals surface area contributed by atoms with Gasteiger partial charge in [0.05, 0.1) is 17.4 Å². The molecule has 2 aromatic rings. The standard InChI is InChI=1S/C22H23NO4/c24-22(17-13-16-7-1-3-10-20(16)26-14-17)23-19-9-2-4-11-21(19)27-15-18-8-5-6-12-25-18/h1-4,7,9-11,13,18H,5-6,8,12,14-15H2,(H,23,24). The van der Waals surface area contributed by atoms with Crippen LogP contribution in [0.5, 0.6) is 11.5 Å². The number of fused-ring (bicyclic) bond motifs is 1. The molecule has 27 heavy (non-hydrogen) atoms. The predicted octanol–water partition coefficient (Wildman–Crippen LogP) is 4.05. The van der Waals surface area contributed by atoms with E-state index in [4.69, 9.17) is 14.2 Å². The molecule has 1 unspecified atom stereocenters. The number of para-hydroxylation sites is 3. The second kappa shape index (κ2) is 8.27. The highest BCUT2D eigenvalue weighted by molar-refractivity contribution is 6.08. The van der Waals surface area contributed by atoms with E-state index in [1.807, 2.05) is 54.6 Å². The van der Waals surface area contributed by atoms with E-state index in [0.717, 1.165) is 30.8 Å². The van der Waals surface area contributed by atoms with Gasteiger partial charge in [0, 0.05) is 12.2 Å². The second-order valence-electron chi connectivity index (χ2n) is 6.75. The van der Waals surface area contributed by atoms with Crippen molar-refractivity contribution in [3.05, 3.63) is 59.7 Å². The van der Waals surface area contributed by atoms with Crippen molar-refractivity contribution in [3.8, 4) is 11.5 Å². The van der Waals surface area contributed by atoms with Crippen molar-refractivity contribution in [2.45, 2.75) is 25.4 Å². The number of nitrogens with one attached hydrogen (secondary N) is 1. The maximum absolute atomic E-state index is 12.7. The van der Waals surface area contributed by atoms with Crippen LogP contribution in [0.2, 0.25) is 0 Å². The Morgan fingerprint density at radius 2 is 1.96 bits per heavy atom. The van der Waals surface area contributed by atoms with Crippen LogP contribution in [0.4, 0.5) is 5.69 Å². The Labute approximate surface area is 158 Å². The summed E-state index contributed by atoms with van der Waals surface area (Å²) in [7, 11) is 0. The third kappa shape index (κ3) is 4.31. The Balaban J connectivity index is 1.43. The van der Waals surface area contributed by atoms with Gasteiger partial charge in [-0.25, -0.2) is 0 Å². The van der Waals surface area contributed by atoms with Crippen LogP contribution in [0.3, 0.4) is 0 Å². The van der Waals surface area contributed by atoms with Crippen molar-refractivity contribution in [2.75, 3.05) is 25.1 Å². The Hall–Kier alpha value is -2.79.